The number of ether oxygens (including phenoxy) is 2. The summed E-state index contributed by atoms with van der Waals surface area (Å²) in [5.74, 6) is 1.45. The number of carbonyl (C=O) groups excluding carboxylic acids is 1. The fourth-order valence-electron chi connectivity index (χ4n) is 3.62. The molecule has 0 bridgehead atoms. The number of halogens is 2. The third-order valence-electron chi connectivity index (χ3n) is 5.27. The number of methoxy groups -OCH3 is 1. The lowest BCUT2D eigenvalue weighted by Gasteiger charge is -2.40. The molecule has 32 heavy (non-hydrogen) atoms. The lowest BCUT2D eigenvalue weighted by Crippen LogP contribution is -2.54. The first-order chi connectivity index (χ1) is 15.4. The minimum absolute atomic E-state index is 0.0336. The first-order valence-corrected chi connectivity index (χ1v) is 10.5. The van der Waals surface area contributed by atoms with Crippen molar-refractivity contribution in [3.63, 3.8) is 0 Å². The summed E-state index contributed by atoms with van der Waals surface area (Å²) >= 11 is 6.04. The van der Waals surface area contributed by atoms with Crippen LogP contribution in [0.4, 0.5) is 10.2 Å². The predicted octanol–water partition coefficient (Wildman–Crippen LogP) is 4.42. The largest absolute Gasteiger partial charge is 0.497 e. The van der Waals surface area contributed by atoms with Crippen LogP contribution >= 0.6 is 11.6 Å². The van der Waals surface area contributed by atoms with Gasteiger partial charge in [-0.05, 0) is 43.3 Å². The summed E-state index contributed by atoms with van der Waals surface area (Å²) in [5, 5.41) is 0.156. The molecule has 1 aromatic heterocycles. The normalized spacial score (nSPS) is 16.1. The molecule has 2 aromatic carbocycles. The third kappa shape index (κ3) is 4.75. The molecule has 0 radical (unpaired) electrons. The number of carbonyl (C=O) groups is 1. The summed E-state index contributed by atoms with van der Waals surface area (Å²) in [5.41, 5.74) is 0.596. The second kappa shape index (κ2) is 9.40. The van der Waals surface area contributed by atoms with E-state index >= 15 is 0 Å². The van der Waals surface area contributed by atoms with Crippen LogP contribution in [0.2, 0.25) is 5.02 Å². The summed E-state index contributed by atoms with van der Waals surface area (Å²) in [4.78, 5) is 25.4. The van der Waals surface area contributed by atoms with Crippen molar-refractivity contribution >= 4 is 23.3 Å². The SMILES string of the molecule is COc1cccc(C(=O)N2CCN(c3cc(Oc4ccc(F)cc4Cl)ncn3)C[C@@H]2C)c1. The van der Waals surface area contributed by atoms with E-state index in [1.807, 2.05) is 24.0 Å². The third-order valence-corrected chi connectivity index (χ3v) is 5.56. The summed E-state index contributed by atoms with van der Waals surface area (Å²) in [6.07, 6.45) is 1.40. The van der Waals surface area contributed by atoms with Crippen LogP contribution in [0.5, 0.6) is 17.4 Å². The lowest BCUT2D eigenvalue weighted by atomic mass is 10.1. The number of benzene rings is 2. The van der Waals surface area contributed by atoms with Crippen LogP contribution in [0.1, 0.15) is 17.3 Å². The molecule has 1 aliphatic heterocycles. The highest BCUT2D eigenvalue weighted by Gasteiger charge is 2.29. The molecule has 0 N–H and O–H groups in total. The van der Waals surface area contributed by atoms with Gasteiger partial charge in [-0.2, -0.15) is 0 Å². The number of hydrogen-bond donors (Lipinski definition) is 0. The number of rotatable bonds is 5. The second-order valence-corrected chi connectivity index (χ2v) is 7.82. The standard InChI is InChI=1S/C23H22ClFN4O3/c1-15-13-28(8-9-29(15)23(30)16-4-3-5-18(10-16)31-2)21-12-22(27-14-26-21)32-20-7-6-17(25)11-19(20)24/h3-7,10-12,14-15H,8-9,13H2,1-2H3/t15-/m0/s1. The van der Waals surface area contributed by atoms with Crippen LogP contribution in [0.25, 0.3) is 0 Å². The van der Waals surface area contributed by atoms with Crippen molar-refractivity contribution in [3.05, 3.63) is 71.3 Å². The maximum absolute atomic E-state index is 13.3. The van der Waals surface area contributed by atoms with Gasteiger partial charge in [0.2, 0.25) is 5.88 Å². The molecule has 7 nitrogen and oxygen atoms in total. The van der Waals surface area contributed by atoms with Crippen LogP contribution in [0, 0.1) is 5.82 Å². The molecule has 3 aromatic rings. The van der Waals surface area contributed by atoms with Gasteiger partial charge in [-0.3, -0.25) is 4.79 Å². The van der Waals surface area contributed by atoms with Crippen molar-refractivity contribution in [2.24, 2.45) is 0 Å². The Morgan fingerprint density at radius 2 is 2.00 bits per heavy atom. The van der Waals surface area contributed by atoms with E-state index in [2.05, 4.69) is 14.9 Å². The van der Waals surface area contributed by atoms with Gasteiger partial charge < -0.3 is 19.3 Å². The van der Waals surface area contributed by atoms with E-state index in [1.165, 1.54) is 24.5 Å². The van der Waals surface area contributed by atoms with Gasteiger partial charge in [0.15, 0.2) is 0 Å². The summed E-state index contributed by atoms with van der Waals surface area (Å²) in [7, 11) is 1.58. The molecular weight excluding hydrogens is 435 g/mol. The molecule has 0 spiro atoms. The van der Waals surface area contributed by atoms with E-state index < -0.39 is 5.82 Å². The zero-order valence-corrected chi connectivity index (χ0v) is 18.4. The zero-order chi connectivity index (χ0) is 22.7. The Hall–Kier alpha value is -3.39. The van der Waals surface area contributed by atoms with Gasteiger partial charge in [0.25, 0.3) is 5.91 Å². The van der Waals surface area contributed by atoms with E-state index in [0.29, 0.717) is 48.4 Å². The minimum atomic E-state index is -0.443. The molecule has 0 unspecified atom stereocenters. The van der Waals surface area contributed by atoms with Crippen molar-refractivity contribution in [3.8, 4) is 17.4 Å². The number of nitrogens with zero attached hydrogens (tertiary/aromatic N) is 4. The summed E-state index contributed by atoms with van der Waals surface area (Å²) in [6, 6.07) is 12.7. The van der Waals surface area contributed by atoms with E-state index in [1.54, 1.807) is 25.3 Å². The molecule has 4 rings (SSSR count). The summed E-state index contributed by atoms with van der Waals surface area (Å²) in [6.45, 7) is 3.75. The van der Waals surface area contributed by atoms with Gasteiger partial charge in [0.1, 0.15) is 29.5 Å². The molecule has 9 heteroatoms. The molecule has 1 saturated heterocycles. The molecule has 0 aliphatic carbocycles. The predicted molar refractivity (Wildman–Crippen MR) is 119 cm³/mol. The average Bonchev–Trinajstić information content (AvgIpc) is 2.80. The van der Waals surface area contributed by atoms with Crippen LogP contribution in [0.3, 0.4) is 0 Å². The maximum atomic E-state index is 13.3. The number of hydrogen-bond acceptors (Lipinski definition) is 6. The highest BCUT2D eigenvalue weighted by molar-refractivity contribution is 6.32. The molecular formula is C23H22ClFN4O3. The van der Waals surface area contributed by atoms with Gasteiger partial charge in [-0.15, -0.1) is 0 Å². The first kappa shape index (κ1) is 21.8. The van der Waals surface area contributed by atoms with E-state index in [4.69, 9.17) is 21.1 Å². The number of piperazine rings is 1. The Morgan fingerprint density at radius 3 is 2.75 bits per heavy atom. The number of anilines is 1. The van der Waals surface area contributed by atoms with Crippen molar-refractivity contribution < 1.29 is 18.7 Å². The fourth-order valence-corrected chi connectivity index (χ4v) is 3.82. The van der Waals surface area contributed by atoms with Gasteiger partial charge in [-0.1, -0.05) is 17.7 Å². The fraction of sp³-hybridized carbons (Fsp3) is 0.261. The summed E-state index contributed by atoms with van der Waals surface area (Å²) < 4.78 is 24.2. The van der Waals surface area contributed by atoms with E-state index in [-0.39, 0.29) is 17.0 Å². The van der Waals surface area contributed by atoms with Crippen molar-refractivity contribution in [2.75, 3.05) is 31.6 Å². The van der Waals surface area contributed by atoms with Crippen LogP contribution in [0.15, 0.2) is 54.9 Å². The van der Waals surface area contributed by atoms with Gasteiger partial charge in [-0.25, -0.2) is 14.4 Å². The van der Waals surface area contributed by atoms with Crippen LogP contribution in [-0.4, -0.2) is 53.6 Å². The molecule has 2 heterocycles. The Labute approximate surface area is 190 Å². The van der Waals surface area contributed by atoms with Crippen molar-refractivity contribution in [2.45, 2.75) is 13.0 Å². The minimum Gasteiger partial charge on any atom is -0.497 e. The van der Waals surface area contributed by atoms with E-state index in [9.17, 15) is 9.18 Å². The Bertz CT molecular complexity index is 1130. The first-order valence-electron chi connectivity index (χ1n) is 10.1. The molecule has 1 amide bonds. The van der Waals surface area contributed by atoms with Gasteiger partial charge in [0, 0.05) is 37.3 Å². The molecule has 1 fully saturated rings. The molecule has 1 atom stereocenters. The second-order valence-electron chi connectivity index (χ2n) is 7.42. The number of aromatic nitrogens is 2. The molecule has 166 valence electrons. The molecule has 0 saturated carbocycles. The monoisotopic (exact) mass is 456 g/mol. The Kier molecular flexibility index (Phi) is 6.41. The maximum Gasteiger partial charge on any atom is 0.254 e. The van der Waals surface area contributed by atoms with Gasteiger partial charge in [0.05, 0.1) is 12.1 Å². The van der Waals surface area contributed by atoms with Crippen molar-refractivity contribution in [1.29, 1.82) is 0 Å². The highest BCUT2D eigenvalue weighted by atomic mass is 35.5. The van der Waals surface area contributed by atoms with Crippen LogP contribution < -0.4 is 14.4 Å². The zero-order valence-electron chi connectivity index (χ0n) is 17.7. The smallest absolute Gasteiger partial charge is 0.254 e. The lowest BCUT2D eigenvalue weighted by molar-refractivity contribution is 0.0673. The van der Waals surface area contributed by atoms with Gasteiger partial charge >= 0.3 is 0 Å². The number of amides is 1. The quantitative estimate of drug-likeness (QED) is 0.566. The Balaban J connectivity index is 1.45. The average molecular weight is 457 g/mol. The highest BCUT2D eigenvalue weighted by Crippen LogP contribution is 2.30. The van der Waals surface area contributed by atoms with Crippen molar-refractivity contribution in [1.82, 2.24) is 14.9 Å². The topological polar surface area (TPSA) is 67.8 Å². The Morgan fingerprint density at radius 1 is 1.16 bits per heavy atom. The molecule has 1 aliphatic rings. The van der Waals surface area contributed by atoms with Crippen LogP contribution in [-0.2, 0) is 0 Å². The van der Waals surface area contributed by atoms with E-state index in [0.717, 1.165) is 0 Å².